The number of methoxy groups -OCH3 is 1. The molecule has 0 aliphatic heterocycles. The van der Waals surface area contributed by atoms with Gasteiger partial charge >= 0.3 is 0 Å². The maximum absolute atomic E-state index is 5.30. The van der Waals surface area contributed by atoms with Gasteiger partial charge in [0.25, 0.3) is 0 Å². The zero-order valence-electron chi connectivity index (χ0n) is 12.7. The molecule has 1 aromatic heterocycles. The van der Waals surface area contributed by atoms with Gasteiger partial charge in [0.05, 0.1) is 30.9 Å². The van der Waals surface area contributed by atoms with Gasteiger partial charge in [-0.15, -0.1) is 0 Å². The van der Waals surface area contributed by atoms with Gasteiger partial charge in [0.1, 0.15) is 11.5 Å². The van der Waals surface area contributed by atoms with Crippen molar-refractivity contribution < 1.29 is 9.15 Å². The van der Waals surface area contributed by atoms with Crippen molar-refractivity contribution in [1.29, 1.82) is 0 Å². The van der Waals surface area contributed by atoms with E-state index in [4.69, 9.17) is 9.15 Å². The molecule has 6 heteroatoms. The Balaban J connectivity index is 1.98. The van der Waals surface area contributed by atoms with Crippen LogP contribution >= 0.6 is 15.9 Å². The predicted molar refractivity (Wildman–Crippen MR) is 91.1 cm³/mol. The largest absolute Gasteiger partial charge is 0.496 e. The third-order valence-corrected chi connectivity index (χ3v) is 3.61. The van der Waals surface area contributed by atoms with Crippen LogP contribution in [0.3, 0.4) is 0 Å². The molecule has 0 bridgehead atoms. The number of rotatable bonds is 6. The number of hydrogen-bond donors (Lipinski definition) is 2. The molecular weight excluding hydrogens is 346 g/mol. The minimum Gasteiger partial charge on any atom is -0.496 e. The van der Waals surface area contributed by atoms with E-state index >= 15 is 0 Å². The highest BCUT2D eigenvalue weighted by Gasteiger charge is 2.03. The number of furan rings is 1. The summed E-state index contributed by atoms with van der Waals surface area (Å²) in [4.78, 5) is 4.57. The van der Waals surface area contributed by atoms with Crippen molar-refractivity contribution in [3.63, 3.8) is 0 Å². The summed E-state index contributed by atoms with van der Waals surface area (Å²) < 4.78 is 11.5. The highest BCUT2D eigenvalue weighted by atomic mass is 79.9. The maximum Gasteiger partial charge on any atom is 0.191 e. The standard InChI is InChI=1S/C16H20BrN3O2/c1-3-18-16(20-11-13-5-4-8-22-13)19-10-12-6-7-15(21-2)14(17)9-12/h4-9H,3,10-11H2,1-2H3,(H2,18,19,20). The van der Waals surface area contributed by atoms with Gasteiger partial charge in [-0.25, -0.2) is 4.99 Å². The average molecular weight is 366 g/mol. The average Bonchev–Trinajstić information content (AvgIpc) is 3.03. The summed E-state index contributed by atoms with van der Waals surface area (Å²) in [7, 11) is 1.65. The Morgan fingerprint density at radius 1 is 1.32 bits per heavy atom. The van der Waals surface area contributed by atoms with E-state index in [0.29, 0.717) is 13.1 Å². The molecule has 2 aromatic rings. The topological polar surface area (TPSA) is 58.8 Å². The molecule has 22 heavy (non-hydrogen) atoms. The summed E-state index contributed by atoms with van der Waals surface area (Å²) in [5.74, 6) is 2.44. The van der Waals surface area contributed by atoms with E-state index in [1.807, 2.05) is 37.3 Å². The molecule has 0 aliphatic carbocycles. The van der Waals surface area contributed by atoms with Gasteiger partial charge < -0.3 is 19.8 Å². The van der Waals surface area contributed by atoms with E-state index in [9.17, 15) is 0 Å². The van der Waals surface area contributed by atoms with Crippen molar-refractivity contribution >= 4 is 21.9 Å². The van der Waals surface area contributed by atoms with Gasteiger partial charge in [-0.2, -0.15) is 0 Å². The summed E-state index contributed by atoms with van der Waals surface area (Å²) in [6.07, 6.45) is 1.66. The summed E-state index contributed by atoms with van der Waals surface area (Å²) in [5.41, 5.74) is 1.10. The summed E-state index contributed by atoms with van der Waals surface area (Å²) in [6.45, 7) is 4.02. The van der Waals surface area contributed by atoms with Gasteiger partial charge in [0, 0.05) is 6.54 Å². The zero-order valence-corrected chi connectivity index (χ0v) is 14.3. The second-order valence-electron chi connectivity index (χ2n) is 4.60. The lowest BCUT2D eigenvalue weighted by Gasteiger charge is -2.10. The number of guanidine groups is 1. The van der Waals surface area contributed by atoms with Crippen LogP contribution in [0.2, 0.25) is 0 Å². The molecule has 1 heterocycles. The molecule has 0 amide bonds. The number of nitrogens with one attached hydrogen (secondary N) is 2. The lowest BCUT2D eigenvalue weighted by Crippen LogP contribution is -2.36. The molecule has 0 saturated carbocycles. The van der Waals surface area contributed by atoms with Crippen LogP contribution in [-0.2, 0) is 13.1 Å². The third-order valence-electron chi connectivity index (χ3n) is 2.99. The van der Waals surface area contributed by atoms with Crippen molar-refractivity contribution in [3.05, 3.63) is 52.4 Å². The highest BCUT2D eigenvalue weighted by Crippen LogP contribution is 2.25. The molecule has 5 nitrogen and oxygen atoms in total. The smallest absolute Gasteiger partial charge is 0.191 e. The van der Waals surface area contributed by atoms with Gasteiger partial charge in [0.15, 0.2) is 5.96 Å². The fraction of sp³-hybridized carbons (Fsp3) is 0.312. The molecule has 0 saturated heterocycles. The highest BCUT2D eigenvalue weighted by molar-refractivity contribution is 9.10. The van der Waals surface area contributed by atoms with Crippen molar-refractivity contribution in [2.24, 2.45) is 4.99 Å². The van der Waals surface area contributed by atoms with Crippen molar-refractivity contribution in [2.45, 2.75) is 20.0 Å². The fourth-order valence-electron chi connectivity index (χ4n) is 1.90. The number of hydrogen-bond acceptors (Lipinski definition) is 3. The number of halogens is 1. The minimum atomic E-state index is 0.579. The number of nitrogens with zero attached hydrogens (tertiary/aromatic N) is 1. The maximum atomic E-state index is 5.30. The van der Waals surface area contributed by atoms with E-state index in [-0.39, 0.29) is 0 Å². The van der Waals surface area contributed by atoms with E-state index in [1.165, 1.54) is 0 Å². The molecule has 0 unspecified atom stereocenters. The van der Waals surface area contributed by atoms with Gasteiger partial charge in [-0.1, -0.05) is 6.07 Å². The van der Waals surface area contributed by atoms with Crippen LogP contribution in [0.15, 0.2) is 50.5 Å². The van der Waals surface area contributed by atoms with Crippen molar-refractivity contribution in [3.8, 4) is 5.75 Å². The number of aliphatic imine (C=N–C) groups is 1. The number of benzene rings is 1. The lowest BCUT2D eigenvalue weighted by atomic mass is 10.2. The first kappa shape index (κ1) is 16.4. The molecule has 118 valence electrons. The van der Waals surface area contributed by atoms with Crippen LogP contribution in [0.4, 0.5) is 0 Å². The van der Waals surface area contributed by atoms with Crippen LogP contribution in [0.25, 0.3) is 0 Å². The molecule has 2 N–H and O–H groups in total. The molecule has 0 aliphatic rings. The monoisotopic (exact) mass is 365 g/mol. The van der Waals surface area contributed by atoms with Crippen LogP contribution < -0.4 is 15.4 Å². The fourth-order valence-corrected chi connectivity index (χ4v) is 2.49. The second kappa shape index (κ2) is 8.48. The lowest BCUT2D eigenvalue weighted by molar-refractivity contribution is 0.412. The van der Waals surface area contributed by atoms with E-state index < -0.39 is 0 Å². The predicted octanol–water partition coefficient (Wildman–Crippen LogP) is 3.31. The first-order valence-corrected chi connectivity index (χ1v) is 7.89. The Kier molecular flexibility index (Phi) is 6.33. The van der Waals surface area contributed by atoms with Crippen LogP contribution in [-0.4, -0.2) is 19.6 Å². The first-order chi connectivity index (χ1) is 10.7. The summed E-state index contributed by atoms with van der Waals surface area (Å²) in [6, 6.07) is 9.74. The molecule has 1 aromatic carbocycles. The van der Waals surface area contributed by atoms with Crippen molar-refractivity contribution in [1.82, 2.24) is 10.6 Å². The van der Waals surface area contributed by atoms with E-state index in [2.05, 4.69) is 31.6 Å². The normalized spacial score (nSPS) is 11.3. The van der Waals surface area contributed by atoms with Crippen LogP contribution in [0.1, 0.15) is 18.2 Å². The number of ether oxygens (including phenoxy) is 1. The van der Waals surface area contributed by atoms with Crippen molar-refractivity contribution in [2.75, 3.05) is 13.7 Å². The van der Waals surface area contributed by atoms with Gasteiger partial charge in [0.2, 0.25) is 0 Å². The van der Waals surface area contributed by atoms with Crippen LogP contribution in [0.5, 0.6) is 5.75 Å². The van der Waals surface area contributed by atoms with Crippen LogP contribution in [0, 0.1) is 0 Å². The molecule has 0 fully saturated rings. The van der Waals surface area contributed by atoms with Gasteiger partial charge in [-0.3, -0.25) is 0 Å². The first-order valence-electron chi connectivity index (χ1n) is 7.10. The summed E-state index contributed by atoms with van der Waals surface area (Å²) >= 11 is 3.48. The Morgan fingerprint density at radius 2 is 2.18 bits per heavy atom. The Morgan fingerprint density at radius 3 is 2.82 bits per heavy atom. The molecule has 2 rings (SSSR count). The SMILES string of the molecule is CCNC(=NCc1ccc(OC)c(Br)c1)NCc1ccco1. The summed E-state index contributed by atoms with van der Waals surface area (Å²) in [5, 5.41) is 6.45. The quantitative estimate of drug-likeness (QED) is 0.608. The Bertz CT molecular complexity index is 612. The van der Waals surface area contributed by atoms with E-state index in [1.54, 1.807) is 13.4 Å². The second-order valence-corrected chi connectivity index (χ2v) is 5.45. The Hall–Kier alpha value is -1.95. The minimum absolute atomic E-state index is 0.579. The molecule has 0 atom stereocenters. The Labute approximate surface area is 138 Å². The third kappa shape index (κ3) is 4.80. The van der Waals surface area contributed by atoms with Gasteiger partial charge in [-0.05, 0) is 52.7 Å². The molecule has 0 spiro atoms. The molecular formula is C16H20BrN3O2. The molecule has 0 radical (unpaired) electrons. The zero-order chi connectivity index (χ0) is 15.8. The van der Waals surface area contributed by atoms with E-state index in [0.717, 1.165) is 34.1 Å².